The highest BCUT2D eigenvalue weighted by atomic mass is 16.1. The van der Waals surface area contributed by atoms with Gasteiger partial charge >= 0.3 is 0 Å². The average molecular weight is 660 g/mol. The smallest absolute Gasteiger partial charge is 0.186 e. The van der Waals surface area contributed by atoms with Crippen molar-refractivity contribution in [3.05, 3.63) is 180 Å². The molecule has 0 atom stereocenters. The molecule has 0 unspecified atom stereocenters. The minimum atomic E-state index is -0.200. The van der Waals surface area contributed by atoms with Crippen LogP contribution in [0.1, 0.15) is 52.6 Å². The third kappa shape index (κ3) is 6.19. The minimum absolute atomic E-state index is 0.0786. The van der Waals surface area contributed by atoms with E-state index >= 15 is 0 Å². The van der Waals surface area contributed by atoms with Gasteiger partial charge in [-0.1, -0.05) is 130 Å². The number of carbonyl (C=O) groups is 2. The molecule has 0 aliphatic heterocycles. The quantitative estimate of drug-likeness (QED) is 0.0971. The van der Waals surface area contributed by atoms with Crippen LogP contribution < -0.4 is 4.90 Å². The van der Waals surface area contributed by atoms with Crippen molar-refractivity contribution < 1.29 is 9.59 Å². The fraction of sp³-hybridized carbons (Fsp3) is 0.0833. The van der Waals surface area contributed by atoms with E-state index in [1.807, 2.05) is 36.4 Å². The summed E-state index contributed by atoms with van der Waals surface area (Å²) in [6.07, 6.45) is 4.13. The van der Waals surface area contributed by atoms with Crippen molar-refractivity contribution in [3.8, 4) is 0 Å². The van der Waals surface area contributed by atoms with Crippen molar-refractivity contribution in [2.45, 2.75) is 26.2 Å². The standard InChI is InChI=1S/C48H37NO2/c1-48(2,3)41-21-18-39-29-43(23-20-37(39)27-41)49(46-14-8-12-33-9-6-7-13-44(33)46)42-22-19-36-25-32(15-17-38(36)28-42)16-24-47(51)45-30-35-11-5-4-10-34(35)26-40(45)31-50/h4-31H,1-3H3. The lowest BCUT2D eigenvalue weighted by Crippen LogP contribution is -2.11. The van der Waals surface area contributed by atoms with Gasteiger partial charge in [0.25, 0.3) is 0 Å². The molecule has 3 heteroatoms. The maximum Gasteiger partial charge on any atom is 0.186 e. The number of allylic oxidation sites excluding steroid dienone is 1. The normalized spacial score (nSPS) is 11.9. The van der Waals surface area contributed by atoms with E-state index in [0.29, 0.717) is 11.1 Å². The summed E-state index contributed by atoms with van der Waals surface area (Å²) in [5.74, 6) is -0.200. The zero-order chi connectivity index (χ0) is 35.1. The minimum Gasteiger partial charge on any atom is -0.310 e. The molecule has 0 fully saturated rings. The fourth-order valence-electron chi connectivity index (χ4n) is 6.99. The summed E-state index contributed by atoms with van der Waals surface area (Å²) in [6, 6.07) is 52.6. The largest absolute Gasteiger partial charge is 0.310 e. The zero-order valence-electron chi connectivity index (χ0n) is 28.9. The number of hydrogen-bond donors (Lipinski definition) is 0. The molecular weight excluding hydrogens is 623 g/mol. The molecule has 0 saturated carbocycles. The number of ketones is 1. The lowest BCUT2D eigenvalue weighted by Gasteiger charge is -2.28. The maximum absolute atomic E-state index is 13.3. The Hall–Kier alpha value is -6.32. The average Bonchev–Trinajstić information content (AvgIpc) is 3.16. The molecule has 0 saturated heterocycles. The van der Waals surface area contributed by atoms with Gasteiger partial charge in [0.2, 0.25) is 0 Å². The van der Waals surface area contributed by atoms with Crippen LogP contribution in [0.3, 0.4) is 0 Å². The van der Waals surface area contributed by atoms with Gasteiger partial charge in [0, 0.05) is 27.9 Å². The summed E-state index contributed by atoms with van der Waals surface area (Å²) < 4.78 is 0. The molecule has 8 aromatic rings. The molecule has 3 nitrogen and oxygen atoms in total. The maximum atomic E-state index is 13.3. The van der Waals surface area contributed by atoms with E-state index in [-0.39, 0.29) is 11.2 Å². The van der Waals surface area contributed by atoms with Crippen molar-refractivity contribution in [1.29, 1.82) is 0 Å². The van der Waals surface area contributed by atoms with Gasteiger partial charge < -0.3 is 4.90 Å². The highest BCUT2D eigenvalue weighted by Gasteiger charge is 2.18. The van der Waals surface area contributed by atoms with Crippen LogP contribution in [0.5, 0.6) is 0 Å². The Balaban J connectivity index is 1.17. The van der Waals surface area contributed by atoms with E-state index in [1.54, 1.807) is 18.2 Å². The highest BCUT2D eigenvalue weighted by molar-refractivity contribution is 6.13. The van der Waals surface area contributed by atoms with E-state index in [2.05, 4.69) is 135 Å². The van der Waals surface area contributed by atoms with Crippen LogP contribution in [0, 0.1) is 0 Å². The molecule has 8 rings (SSSR count). The molecule has 0 amide bonds. The number of aldehydes is 1. The Morgan fingerprint density at radius 1 is 0.549 bits per heavy atom. The first-order valence-corrected chi connectivity index (χ1v) is 17.3. The third-order valence-electron chi connectivity index (χ3n) is 9.80. The molecule has 0 bridgehead atoms. The van der Waals surface area contributed by atoms with E-state index in [4.69, 9.17) is 0 Å². The van der Waals surface area contributed by atoms with Crippen molar-refractivity contribution in [2.75, 3.05) is 4.90 Å². The highest BCUT2D eigenvalue weighted by Crippen LogP contribution is 2.41. The molecule has 0 N–H and O–H groups in total. The van der Waals surface area contributed by atoms with E-state index in [0.717, 1.165) is 50.5 Å². The first-order valence-electron chi connectivity index (χ1n) is 17.3. The SMILES string of the molecule is CC(C)(C)c1ccc2cc(N(c3ccc4cc(C=CC(=O)c5cc6ccccc6cc5C=O)ccc4c3)c3cccc4ccccc34)ccc2c1. The Labute approximate surface area is 298 Å². The molecule has 0 aromatic heterocycles. The molecule has 0 radical (unpaired) electrons. The molecule has 246 valence electrons. The number of anilines is 3. The van der Waals surface area contributed by atoms with Crippen LogP contribution in [0.25, 0.3) is 49.2 Å². The predicted molar refractivity (Wildman–Crippen MR) is 215 cm³/mol. The van der Waals surface area contributed by atoms with E-state index in [9.17, 15) is 9.59 Å². The summed E-state index contributed by atoms with van der Waals surface area (Å²) in [6.45, 7) is 6.75. The zero-order valence-corrected chi connectivity index (χ0v) is 28.9. The van der Waals surface area contributed by atoms with Crippen molar-refractivity contribution in [1.82, 2.24) is 0 Å². The topological polar surface area (TPSA) is 37.4 Å². The van der Waals surface area contributed by atoms with Gasteiger partial charge in [-0.3, -0.25) is 9.59 Å². The van der Waals surface area contributed by atoms with Gasteiger partial charge in [-0.05, 0) is 109 Å². The van der Waals surface area contributed by atoms with Crippen molar-refractivity contribution in [3.63, 3.8) is 0 Å². The van der Waals surface area contributed by atoms with Crippen LogP contribution in [0.4, 0.5) is 17.1 Å². The molecule has 0 spiro atoms. The van der Waals surface area contributed by atoms with Gasteiger partial charge in [0.1, 0.15) is 0 Å². The number of rotatable bonds is 7. The molecule has 0 aliphatic carbocycles. The molecule has 51 heavy (non-hydrogen) atoms. The number of carbonyl (C=O) groups excluding carboxylic acids is 2. The summed E-state index contributed by atoms with van der Waals surface area (Å²) >= 11 is 0. The second-order valence-electron chi connectivity index (χ2n) is 14.2. The number of benzene rings is 8. The summed E-state index contributed by atoms with van der Waals surface area (Å²) in [4.78, 5) is 27.5. The van der Waals surface area contributed by atoms with Crippen LogP contribution in [0.15, 0.2) is 158 Å². The van der Waals surface area contributed by atoms with Gasteiger partial charge in [-0.15, -0.1) is 0 Å². The lowest BCUT2D eigenvalue weighted by molar-refractivity contribution is 0.103. The summed E-state index contributed by atoms with van der Waals surface area (Å²) in [5.41, 5.74) is 6.36. The van der Waals surface area contributed by atoms with E-state index in [1.165, 1.54) is 27.1 Å². The molecule has 0 heterocycles. The second kappa shape index (κ2) is 12.9. The Morgan fingerprint density at radius 2 is 1.12 bits per heavy atom. The number of hydrogen-bond acceptors (Lipinski definition) is 3. The Bertz CT molecular complexity index is 2670. The molecule has 8 aromatic carbocycles. The lowest BCUT2D eigenvalue weighted by atomic mass is 9.86. The third-order valence-corrected chi connectivity index (χ3v) is 9.80. The van der Waals surface area contributed by atoms with Crippen LogP contribution >= 0.6 is 0 Å². The van der Waals surface area contributed by atoms with Gasteiger partial charge in [-0.2, -0.15) is 0 Å². The predicted octanol–water partition coefficient (Wildman–Crippen LogP) is 12.8. The van der Waals surface area contributed by atoms with Crippen LogP contribution in [-0.4, -0.2) is 12.1 Å². The molecular formula is C48H37NO2. The van der Waals surface area contributed by atoms with Gasteiger partial charge in [-0.25, -0.2) is 0 Å². The number of nitrogens with zero attached hydrogens (tertiary/aromatic N) is 1. The number of fused-ring (bicyclic) bond motifs is 4. The Kier molecular flexibility index (Phi) is 8.04. The van der Waals surface area contributed by atoms with Crippen molar-refractivity contribution >= 4 is 78.3 Å². The first kappa shape index (κ1) is 31.9. The summed E-state index contributed by atoms with van der Waals surface area (Å²) in [7, 11) is 0. The van der Waals surface area contributed by atoms with Crippen molar-refractivity contribution in [2.24, 2.45) is 0 Å². The summed E-state index contributed by atoms with van der Waals surface area (Å²) in [5, 5.41) is 8.81. The monoisotopic (exact) mass is 659 g/mol. The van der Waals surface area contributed by atoms with Crippen LogP contribution in [-0.2, 0) is 5.41 Å². The van der Waals surface area contributed by atoms with Gasteiger partial charge in [0.05, 0.1) is 5.69 Å². The Morgan fingerprint density at radius 3 is 1.82 bits per heavy atom. The van der Waals surface area contributed by atoms with E-state index < -0.39 is 0 Å². The second-order valence-corrected chi connectivity index (χ2v) is 14.2. The first-order chi connectivity index (χ1) is 24.7. The van der Waals surface area contributed by atoms with Gasteiger partial charge in [0.15, 0.2) is 12.1 Å². The fourth-order valence-corrected chi connectivity index (χ4v) is 6.99. The van der Waals surface area contributed by atoms with Crippen LogP contribution in [0.2, 0.25) is 0 Å². The molecule has 0 aliphatic rings.